The van der Waals surface area contributed by atoms with Crippen molar-refractivity contribution in [3.05, 3.63) is 71.8 Å². The highest BCUT2D eigenvalue weighted by atomic mass is 16.5. The van der Waals surface area contributed by atoms with Crippen LogP contribution in [0.25, 0.3) is 0 Å². The smallest absolute Gasteiger partial charge is 0.0888 e. The Morgan fingerprint density at radius 2 is 1.40 bits per heavy atom. The molecule has 1 aliphatic rings. The van der Waals surface area contributed by atoms with E-state index in [1.807, 2.05) is 48.5 Å². The molecule has 1 saturated heterocycles. The minimum absolute atomic E-state index is 0.235. The van der Waals surface area contributed by atoms with Crippen LogP contribution < -0.4 is 0 Å². The summed E-state index contributed by atoms with van der Waals surface area (Å²) < 4.78 is 5.52. The van der Waals surface area contributed by atoms with E-state index in [-0.39, 0.29) is 5.41 Å². The van der Waals surface area contributed by atoms with Crippen molar-refractivity contribution in [2.24, 2.45) is 0 Å². The first-order valence-electron chi connectivity index (χ1n) is 7.19. The topological polar surface area (TPSA) is 29.5 Å². The van der Waals surface area contributed by atoms with Crippen molar-refractivity contribution in [1.29, 1.82) is 0 Å². The van der Waals surface area contributed by atoms with Gasteiger partial charge in [0.1, 0.15) is 0 Å². The van der Waals surface area contributed by atoms with E-state index in [0.29, 0.717) is 13.2 Å². The molecule has 2 aromatic carbocycles. The monoisotopic (exact) mass is 268 g/mol. The van der Waals surface area contributed by atoms with Crippen LogP contribution in [-0.2, 0) is 10.2 Å². The number of hydrogen-bond acceptors (Lipinski definition) is 2. The largest absolute Gasteiger partial charge is 0.387 e. The van der Waals surface area contributed by atoms with Crippen LogP contribution >= 0.6 is 0 Å². The van der Waals surface area contributed by atoms with E-state index in [2.05, 4.69) is 12.1 Å². The second kappa shape index (κ2) is 5.78. The molecule has 0 aliphatic carbocycles. The summed E-state index contributed by atoms with van der Waals surface area (Å²) in [6, 6.07) is 20.3. The van der Waals surface area contributed by atoms with Crippen molar-refractivity contribution in [3.63, 3.8) is 0 Å². The van der Waals surface area contributed by atoms with Crippen LogP contribution in [0.2, 0.25) is 0 Å². The molecule has 2 nitrogen and oxygen atoms in total. The molecule has 1 N–H and O–H groups in total. The summed E-state index contributed by atoms with van der Waals surface area (Å²) in [6.07, 6.45) is 1.22. The molecule has 1 unspecified atom stereocenters. The average Bonchev–Trinajstić information content (AvgIpc) is 2.56. The Morgan fingerprint density at radius 3 is 2.00 bits per heavy atom. The first kappa shape index (κ1) is 13.3. The van der Waals surface area contributed by atoms with Crippen molar-refractivity contribution in [2.45, 2.75) is 24.4 Å². The molecule has 3 rings (SSSR count). The zero-order valence-corrected chi connectivity index (χ0v) is 11.5. The van der Waals surface area contributed by atoms with Gasteiger partial charge < -0.3 is 9.84 Å². The molecular formula is C18H20O2. The molecular weight excluding hydrogens is 248 g/mol. The summed E-state index contributed by atoms with van der Waals surface area (Å²) in [5, 5.41) is 11.0. The Hall–Kier alpha value is -1.64. The van der Waals surface area contributed by atoms with E-state index in [1.165, 1.54) is 5.56 Å². The lowest BCUT2D eigenvalue weighted by Crippen LogP contribution is -2.39. The van der Waals surface area contributed by atoms with Gasteiger partial charge >= 0.3 is 0 Å². The van der Waals surface area contributed by atoms with Gasteiger partial charge in [0.15, 0.2) is 0 Å². The Morgan fingerprint density at radius 1 is 0.850 bits per heavy atom. The van der Waals surface area contributed by atoms with Gasteiger partial charge in [-0.2, -0.15) is 0 Å². The lowest BCUT2D eigenvalue weighted by Gasteiger charge is -2.41. The Labute approximate surface area is 120 Å². The number of ether oxygens (including phenoxy) is 1. The van der Waals surface area contributed by atoms with Gasteiger partial charge in [0, 0.05) is 18.6 Å². The molecule has 1 heterocycles. The molecule has 20 heavy (non-hydrogen) atoms. The molecule has 0 aromatic heterocycles. The summed E-state index contributed by atoms with van der Waals surface area (Å²) in [7, 11) is 0. The molecule has 0 radical (unpaired) electrons. The van der Waals surface area contributed by atoms with Crippen LogP contribution in [0, 0.1) is 0 Å². The molecule has 1 aliphatic heterocycles. The van der Waals surface area contributed by atoms with Gasteiger partial charge in [-0.15, -0.1) is 0 Å². The van der Waals surface area contributed by atoms with Crippen LogP contribution in [0.3, 0.4) is 0 Å². The predicted molar refractivity (Wildman–Crippen MR) is 79.6 cm³/mol. The van der Waals surface area contributed by atoms with Crippen molar-refractivity contribution in [1.82, 2.24) is 0 Å². The van der Waals surface area contributed by atoms with E-state index >= 15 is 0 Å². The third-order valence-corrected chi connectivity index (χ3v) is 4.37. The standard InChI is InChI=1S/C18H20O2/c19-17(15-7-3-1-4-8-15)18(11-13-20-14-12-18)16-9-5-2-6-10-16/h1-10,17,19H,11-14H2. The fraction of sp³-hybridized carbons (Fsp3) is 0.333. The zero-order chi connectivity index (χ0) is 13.8. The van der Waals surface area contributed by atoms with Gasteiger partial charge in [-0.05, 0) is 24.0 Å². The number of hydrogen-bond donors (Lipinski definition) is 1. The van der Waals surface area contributed by atoms with Crippen molar-refractivity contribution in [2.75, 3.05) is 13.2 Å². The van der Waals surface area contributed by atoms with E-state index < -0.39 is 6.10 Å². The first-order chi connectivity index (χ1) is 9.83. The molecule has 0 spiro atoms. The van der Waals surface area contributed by atoms with Crippen molar-refractivity contribution < 1.29 is 9.84 Å². The number of benzene rings is 2. The maximum absolute atomic E-state index is 11.0. The van der Waals surface area contributed by atoms with Gasteiger partial charge in [0.05, 0.1) is 6.10 Å². The Kier molecular flexibility index (Phi) is 3.86. The molecule has 104 valence electrons. The van der Waals surface area contributed by atoms with E-state index in [4.69, 9.17) is 4.74 Å². The molecule has 1 fully saturated rings. The Bertz CT molecular complexity index is 530. The zero-order valence-electron chi connectivity index (χ0n) is 11.5. The summed E-state index contributed by atoms with van der Waals surface area (Å²) in [5.41, 5.74) is 1.96. The number of aliphatic hydroxyl groups is 1. The van der Waals surface area contributed by atoms with Gasteiger partial charge in [-0.25, -0.2) is 0 Å². The highest BCUT2D eigenvalue weighted by molar-refractivity contribution is 5.32. The molecule has 0 saturated carbocycles. The first-order valence-corrected chi connectivity index (χ1v) is 7.19. The van der Waals surface area contributed by atoms with E-state index in [1.54, 1.807) is 0 Å². The Balaban J connectivity index is 2.02. The highest BCUT2D eigenvalue weighted by Gasteiger charge is 2.41. The summed E-state index contributed by atoms with van der Waals surface area (Å²) >= 11 is 0. The summed E-state index contributed by atoms with van der Waals surface area (Å²) in [4.78, 5) is 0. The van der Waals surface area contributed by atoms with Crippen molar-refractivity contribution >= 4 is 0 Å². The number of aliphatic hydroxyl groups excluding tert-OH is 1. The SMILES string of the molecule is OC(c1ccccc1)C1(c2ccccc2)CCOCC1. The van der Waals surface area contributed by atoms with Gasteiger partial charge in [0.25, 0.3) is 0 Å². The van der Waals surface area contributed by atoms with Crippen LogP contribution in [0.15, 0.2) is 60.7 Å². The second-order valence-corrected chi connectivity index (χ2v) is 5.45. The minimum Gasteiger partial charge on any atom is -0.387 e. The van der Waals surface area contributed by atoms with Crippen molar-refractivity contribution in [3.8, 4) is 0 Å². The number of rotatable bonds is 3. The van der Waals surface area contributed by atoms with Crippen LogP contribution in [-0.4, -0.2) is 18.3 Å². The van der Waals surface area contributed by atoms with E-state index in [9.17, 15) is 5.11 Å². The molecule has 2 heteroatoms. The lowest BCUT2D eigenvalue weighted by atomic mass is 9.68. The maximum atomic E-state index is 11.0. The summed E-state index contributed by atoms with van der Waals surface area (Å²) in [6.45, 7) is 1.41. The minimum atomic E-state index is -0.491. The molecule has 2 aromatic rings. The molecule has 1 atom stereocenters. The molecule has 0 bridgehead atoms. The quantitative estimate of drug-likeness (QED) is 0.923. The summed E-state index contributed by atoms with van der Waals surface area (Å²) in [5.74, 6) is 0. The van der Waals surface area contributed by atoms with Crippen LogP contribution in [0.4, 0.5) is 0 Å². The highest BCUT2D eigenvalue weighted by Crippen LogP contribution is 2.44. The van der Waals surface area contributed by atoms with Gasteiger partial charge in [-0.3, -0.25) is 0 Å². The van der Waals surface area contributed by atoms with Gasteiger partial charge in [-0.1, -0.05) is 60.7 Å². The fourth-order valence-electron chi connectivity index (χ4n) is 3.18. The molecule has 0 amide bonds. The second-order valence-electron chi connectivity index (χ2n) is 5.45. The fourth-order valence-corrected chi connectivity index (χ4v) is 3.18. The third-order valence-electron chi connectivity index (χ3n) is 4.37. The maximum Gasteiger partial charge on any atom is 0.0888 e. The normalized spacial score (nSPS) is 19.4. The lowest BCUT2D eigenvalue weighted by molar-refractivity contribution is -0.0170. The van der Waals surface area contributed by atoms with E-state index in [0.717, 1.165) is 18.4 Å². The van der Waals surface area contributed by atoms with Crippen LogP contribution in [0.5, 0.6) is 0 Å². The average molecular weight is 268 g/mol. The van der Waals surface area contributed by atoms with Gasteiger partial charge in [0.2, 0.25) is 0 Å². The predicted octanol–water partition coefficient (Wildman–Crippen LogP) is 3.47. The third kappa shape index (κ3) is 2.37. The van der Waals surface area contributed by atoms with Crippen LogP contribution in [0.1, 0.15) is 30.1 Å².